The predicted octanol–water partition coefficient (Wildman–Crippen LogP) is 3.00. The zero-order valence-electron chi connectivity index (χ0n) is 11.7. The fraction of sp³-hybridized carbons (Fsp3) is 0.533. The number of nitrogens with zero attached hydrogens (tertiary/aromatic N) is 1. The molecule has 1 aliphatic heterocycles. The van der Waals surface area contributed by atoms with Gasteiger partial charge in [-0.15, -0.1) is 12.4 Å². The van der Waals surface area contributed by atoms with E-state index in [1.807, 2.05) is 29.2 Å². The lowest BCUT2D eigenvalue weighted by Gasteiger charge is -2.38. The number of nitrogens with two attached hydrogens (primary N) is 1. The molecule has 1 aliphatic rings. The van der Waals surface area contributed by atoms with Crippen LogP contribution in [-0.2, 0) is 11.2 Å². The van der Waals surface area contributed by atoms with E-state index in [-0.39, 0.29) is 24.4 Å². The minimum atomic E-state index is 0. The van der Waals surface area contributed by atoms with Gasteiger partial charge in [-0.05, 0) is 30.4 Å². The van der Waals surface area contributed by atoms with Gasteiger partial charge in [0.2, 0.25) is 5.91 Å². The summed E-state index contributed by atoms with van der Waals surface area (Å²) in [4.78, 5) is 14.4. The third kappa shape index (κ3) is 4.21. The molecule has 5 heteroatoms. The van der Waals surface area contributed by atoms with Crippen LogP contribution in [-0.4, -0.2) is 29.9 Å². The van der Waals surface area contributed by atoms with Crippen molar-refractivity contribution >= 4 is 34.2 Å². The monoisotopic (exact) mass is 360 g/mol. The van der Waals surface area contributed by atoms with Crippen molar-refractivity contribution in [3.63, 3.8) is 0 Å². The first-order valence-corrected chi connectivity index (χ1v) is 7.64. The molecule has 0 aromatic heterocycles. The van der Waals surface area contributed by atoms with E-state index < -0.39 is 0 Å². The van der Waals surface area contributed by atoms with Crippen LogP contribution < -0.4 is 5.73 Å². The Balaban J connectivity index is 0.00000200. The van der Waals surface area contributed by atoms with Gasteiger partial charge >= 0.3 is 0 Å². The Labute approximate surface area is 135 Å². The molecule has 3 nitrogen and oxygen atoms in total. The molecule has 0 aliphatic carbocycles. The van der Waals surface area contributed by atoms with Crippen molar-refractivity contribution in [2.24, 2.45) is 11.7 Å². The number of amides is 1. The van der Waals surface area contributed by atoms with Crippen molar-refractivity contribution in [3.8, 4) is 0 Å². The summed E-state index contributed by atoms with van der Waals surface area (Å²) in [5.74, 6) is 0.857. The molecule has 1 aromatic rings. The third-order valence-electron chi connectivity index (χ3n) is 3.87. The fourth-order valence-electron chi connectivity index (χ4n) is 2.71. The molecule has 0 spiro atoms. The molecule has 0 bridgehead atoms. The fourth-order valence-corrected chi connectivity index (χ4v) is 3.13. The summed E-state index contributed by atoms with van der Waals surface area (Å²) in [6, 6.07) is 8.10. The second kappa shape index (κ2) is 8.01. The summed E-state index contributed by atoms with van der Waals surface area (Å²) in [5, 5.41) is 0. The molecule has 1 amide bonds. The molecule has 1 aromatic carbocycles. The van der Waals surface area contributed by atoms with E-state index in [0.717, 1.165) is 29.4 Å². The highest BCUT2D eigenvalue weighted by molar-refractivity contribution is 9.10. The first-order chi connectivity index (χ1) is 9.11. The lowest BCUT2D eigenvalue weighted by molar-refractivity contribution is -0.134. The van der Waals surface area contributed by atoms with Crippen molar-refractivity contribution in [2.45, 2.75) is 32.2 Å². The number of halogens is 2. The van der Waals surface area contributed by atoms with E-state index in [4.69, 9.17) is 5.73 Å². The molecular formula is C15H22BrClN2O. The maximum atomic E-state index is 12.4. The first kappa shape index (κ1) is 17.5. The highest BCUT2D eigenvalue weighted by Crippen LogP contribution is 2.24. The van der Waals surface area contributed by atoms with E-state index in [0.29, 0.717) is 18.9 Å². The van der Waals surface area contributed by atoms with Crippen molar-refractivity contribution in [1.82, 2.24) is 4.90 Å². The molecule has 2 rings (SSSR count). The molecule has 0 saturated carbocycles. The summed E-state index contributed by atoms with van der Waals surface area (Å²) >= 11 is 3.50. The highest BCUT2D eigenvalue weighted by atomic mass is 79.9. The molecule has 2 atom stereocenters. The number of carbonyl (C=O) groups is 1. The first-order valence-electron chi connectivity index (χ1n) is 6.84. The zero-order chi connectivity index (χ0) is 13.8. The SMILES string of the molecule is CC1CCN(C(=O)Cc2ccccc2Br)C(CN)C1.Cl. The Kier molecular flexibility index (Phi) is 7.00. The third-order valence-corrected chi connectivity index (χ3v) is 4.64. The van der Waals surface area contributed by atoms with Crippen LogP contribution >= 0.6 is 28.3 Å². The summed E-state index contributed by atoms with van der Waals surface area (Å²) in [5.41, 5.74) is 6.86. The molecule has 2 N–H and O–H groups in total. The summed E-state index contributed by atoms with van der Waals surface area (Å²) < 4.78 is 0.998. The smallest absolute Gasteiger partial charge is 0.227 e. The zero-order valence-corrected chi connectivity index (χ0v) is 14.1. The number of hydrogen-bond acceptors (Lipinski definition) is 2. The topological polar surface area (TPSA) is 46.3 Å². The van der Waals surface area contributed by atoms with Crippen molar-refractivity contribution < 1.29 is 4.79 Å². The largest absolute Gasteiger partial charge is 0.338 e. The number of hydrogen-bond donors (Lipinski definition) is 1. The van der Waals surface area contributed by atoms with Crippen molar-refractivity contribution in [1.29, 1.82) is 0 Å². The van der Waals surface area contributed by atoms with Crippen LogP contribution in [0.3, 0.4) is 0 Å². The van der Waals surface area contributed by atoms with Gasteiger partial charge in [-0.1, -0.05) is 41.1 Å². The van der Waals surface area contributed by atoms with E-state index in [1.165, 1.54) is 0 Å². The minimum absolute atomic E-state index is 0. The Hall–Kier alpha value is -0.580. The maximum Gasteiger partial charge on any atom is 0.227 e. The minimum Gasteiger partial charge on any atom is -0.338 e. The quantitative estimate of drug-likeness (QED) is 0.899. The lowest BCUT2D eigenvalue weighted by atomic mass is 9.92. The Morgan fingerprint density at radius 3 is 2.80 bits per heavy atom. The van der Waals surface area contributed by atoms with E-state index in [2.05, 4.69) is 22.9 Å². The van der Waals surface area contributed by atoms with Crippen LogP contribution in [0.5, 0.6) is 0 Å². The van der Waals surface area contributed by atoms with Gasteiger partial charge < -0.3 is 10.6 Å². The van der Waals surface area contributed by atoms with E-state index in [1.54, 1.807) is 0 Å². The molecular weight excluding hydrogens is 340 g/mol. The van der Waals surface area contributed by atoms with E-state index >= 15 is 0 Å². The number of likely N-dealkylation sites (tertiary alicyclic amines) is 1. The number of piperidine rings is 1. The van der Waals surface area contributed by atoms with Gasteiger partial charge in [-0.2, -0.15) is 0 Å². The average molecular weight is 362 g/mol. The number of benzene rings is 1. The van der Waals surface area contributed by atoms with Gasteiger partial charge in [0.15, 0.2) is 0 Å². The Bertz CT molecular complexity index is 455. The Morgan fingerprint density at radius 2 is 2.15 bits per heavy atom. The molecule has 1 fully saturated rings. The molecule has 1 saturated heterocycles. The van der Waals surface area contributed by atoms with Gasteiger partial charge in [0.25, 0.3) is 0 Å². The summed E-state index contributed by atoms with van der Waals surface area (Å²) in [6.45, 7) is 3.64. The van der Waals surface area contributed by atoms with Crippen molar-refractivity contribution in [2.75, 3.05) is 13.1 Å². The predicted molar refractivity (Wildman–Crippen MR) is 88.0 cm³/mol. The van der Waals surface area contributed by atoms with Crippen LogP contribution in [0.1, 0.15) is 25.3 Å². The maximum absolute atomic E-state index is 12.4. The lowest BCUT2D eigenvalue weighted by Crippen LogP contribution is -2.49. The molecule has 2 unspecified atom stereocenters. The summed E-state index contributed by atoms with van der Waals surface area (Å²) in [7, 11) is 0. The van der Waals surface area contributed by atoms with Gasteiger partial charge in [-0.25, -0.2) is 0 Å². The van der Waals surface area contributed by atoms with Gasteiger partial charge in [0.1, 0.15) is 0 Å². The van der Waals surface area contributed by atoms with Crippen LogP contribution in [0.4, 0.5) is 0 Å². The standard InChI is InChI=1S/C15H21BrN2O.ClH/c1-11-6-7-18(13(8-11)10-17)15(19)9-12-4-2-3-5-14(12)16;/h2-5,11,13H,6-10,17H2,1H3;1H. The summed E-state index contributed by atoms with van der Waals surface area (Å²) in [6.07, 6.45) is 2.56. The second-order valence-corrected chi connectivity index (χ2v) is 6.23. The van der Waals surface area contributed by atoms with E-state index in [9.17, 15) is 4.79 Å². The number of carbonyl (C=O) groups excluding carboxylic acids is 1. The molecule has 20 heavy (non-hydrogen) atoms. The molecule has 1 heterocycles. The van der Waals surface area contributed by atoms with Gasteiger partial charge in [0.05, 0.1) is 6.42 Å². The molecule has 112 valence electrons. The average Bonchev–Trinajstić information content (AvgIpc) is 2.41. The van der Waals surface area contributed by atoms with Gasteiger partial charge in [0, 0.05) is 23.6 Å². The van der Waals surface area contributed by atoms with Crippen LogP contribution in [0.15, 0.2) is 28.7 Å². The normalized spacial score (nSPS) is 22.2. The molecule has 0 radical (unpaired) electrons. The van der Waals surface area contributed by atoms with Crippen molar-refractivity contribution in [3.05, 3.63) is 34.3 Å². The number of rotatable bonds is 3. The Morgan fingerprint density at radius 1 is 1.45 bits per heavy atom. The van der Waals surface area contributed by atoms with Crippen LogP contribution in [0.25, 0.3) is 0 Å². The van der Waals surface area contributed by atoms with Crippen LogP contribution in [0, 0.1) is 5.92 Å². The van der Waals surface area contributed by atoms with Gasteiger partial charge in [-0.3, -0.25) is 4.79 Å². The second-order valence-electron chi connectivity index (χ2n) is 5.37. The highest BCUT2D eigenvalue weighted by Gasteiger charge is 2.28. The van der Waals surface area contributed by atoms with Crippen LogP contribution in [0.2, 0.25) is 0 Å².